The lowest BCUT2D eigenvalue weighted by molar-refractivity contribution is 0.0454. The van der Waals surface area contributed by atoms with Crippen molar-refractivity contribution in [1.82, 2.24) is 0 Å². The van der Waals surface area contributed by atoms with E-state index in [0.717, 1.165) is 11.1 Å². The van der Waals surface area contributed by atoms with Crippen molar-refractivity contribution >= 4 is 5.69 Å². The zero-order valence-electron chi connectivity index (χ0n) is 12.0. The molecule has 0 aromatic heterocycles. The summed E-state index contributed by atoms with van der Waals surface area (Å²) < 4.78 is 11.3. The van der Waals surface area contributed by atoms with E-state index in [1.807, 2.05) is 41.3 Å². The highest BCUT2D eigenvalue weighted by Gasteiger charge is 2.39. The fourth-order valence-electron chi connectivity index (χ4n) is 2.85. The lowest BCUT2D eigenvalue weighted by Crippen LogP contribution is -2.31. The third kappa shape index (κ3) is 2.22. The third-order valence-electron chi connectivity index (χ3n) is 3.73. The molecule has 4 nitrogen and oxygen atoms in total. The highest BCUT2D eigenvalue weighted by Crippen LogP contribution is 2.44. The van der Waals surface area contributed by atoms with Crippen molar-refractivity contribution in [3.05, 3.63) is 75.9 Å². The molecule has 2 aromatic rings. The summed E-state index contributed by atoms with van der Waals surface area (Å²) in [6, 6.07) is 16.7. The summed E-state index contributed by atoms with van der Waals surface area (Å²) in [5.41, 5.74) is 2.56. The molecule has 0 spiro atoms. The maximum absolute atomic E-state index is 12.3. The lowest BCUT2D eigenvalue weighted by Gasteiger charge is -2.29. The molecule has 1 heterocycles. The molecule has 0 saturated heterocycles. The summed E-state index contributed by atoms with van der Waals surface area (Å²) in [5, 5.41) is 0. The molecule has 2 aromatic carbocycles. The quantitative estimate of drug-likeness (QED) is 0.868. The third-order valence-corrected chi connectivity index (χ3v) is 3.73. The average molecular weight is 283 g/mol. The van der Waals surface area contributed by atoms with Gasteiger partial charge in [0.1, 0.15) is 0 Å². The van der Waals surface area contributed by atoms with Crippen LogP contribution < -0.4 is 10.3 Å². The summed E-state index contributed by atoms with van der Waals surface area (Å²) in [5.74, 6) is 0. The van der Waals surface area contributed by atoms with Crippen molar-refractivity contribution < 1.29 is 9.47 Å². The standard InChI is InChI=1S/C17H17NO3/c1-20-16-12-8-6-7-9-13(12)17(21-2)18(16)14-10-4-3-5-11-15(14)19/h3-11,16-17H,1-2H3/t16-,17-/m0/s1. The predicted octanol–water partition coefficient (Wildman–Crippen LogP) is 2.86. The second kappa shape index (κ2) is 5.68. The fraction of sp³-hybridized carbons (Fsp3) is 0.235. The van der Waals surface area contributed by atoms with Crippen molar-refractivity contribution in [3.8, 4) is 0 Å². The van der Waals surface area contributed by atoms with Gasteiger partial charge in [-0.3, -0.25) is 4.79 Å². The number of ether oxygens (including phenoxy) is 2. The van der Waals surface area contributed by atoms with Crippen molar-refractivity contribution in [2.24, 2.45) is 0 Å². The van der Waals surface area contributed by atoms with Crippen molar-refractivity contribution in [2.75, 3.05) is 19.1 Å². The second-order valence-corrected chi connectivity index (χ2v) is 4.87. The van der Waals surface area contributed by atoms with Crippen LogP contribution in [0.3, 0.4) is 0 Å². The molecule has 2 atom stereocenters. The monoisotopic (exact) mass is 283 g/mol. The Morgan fingerprint density at radius 3 is 1.90 bits per heavy atom. The molecule has 1 aliphatic rings. The topological polar surface area (TPSA) is 38.8 Å². The number of hydrogen-bond donors (Lipinski definition) is 0. The van der Waals surface area contributed by atoms with E-state index in [4.69, 9.17) is 9.47 Å². The molecule has 108 valence electrons. The molecule has 0 amide bonds. The minimum absolute atomic E-state index is 0.0584. The van der Waals surface area contributed by atoms with Gasteiger partial charge in [0.25, 0.3) is 0 Å². The van der Waals surface area contributed by atoms with E-state index in [-0.39, 0.29) is 17.9 Å². The first-order valence-electron chi connectivity index (χ1n) is 6.80. The highest BCUT2D eigenvalue weighted by molar-refractivity contribution is 5.55. The van der Waals surface area contributed by atoms with E-state index in [0.29, 0.717) is 5.69 Å². The van der Waals surface area contributed by atoms with Crippen molar-refractivity contribution in [3.63, 3.8) is 0 Å². The summed E-state index contributed by atoms with van der Waals surface area (Å²) >= 11 is 0. The molecule has 21 heavy (non-hydrogen) atoms. The number of methoxy groups -OCH3 is 2. The van der Waals surface area contributed by atoms with E-state index < -0.39 is 0 Å². The molecule has 4 heteroatoms. The van der Waals surface area contributed by atoms with E-state index in [2.05, 4.69) is 0 Å². The van der Waals surface area contributed by atoms with Crippen LogP contribution in [0.15, 0.2) is 59.4 Å². The summed E-state index contributed by atoms with van der Waals surface area (Å²) in [6.07, 6.45) is -0.664. The first-order chi connectivity index (χ1) is 10.3. The largest absolute Gasteiger partial charge is 0.357 e. The molecule has 0 saturated carbocycles. The molecule has 3 rings (SSSR count). The van der Waals surface area contributed by atoms with Gasteiger partial charge in [-0.2, -0.15) is 0 Å². The number of benzene rings is 1. The maximum Gasteiger partial charge on any atom is 0.202 e. The average Bonchev–Trinajstić information content (AvgIpc) is 2.67. The van der Waals surface area contributed by atoms with Gasteiger partial charge in [-0.05, 0) is 12.1 Å². The molecule has 0 unspecified atom stereocenters. The molecule has 0 bridgehead atoms. The molecule has 1 aliphatic heterocycles. The van der Waals surface area contributed by atoms with Crippen LogP contribution in [-0.4, -0.2) is 14.2 Å². The molecule has 0 aliphatic carbocycles. The van der Waals surface area contributed by atoms with E-state index in [1.165, 1.54) is 0 Å². The van der Waals surface area contributed by atoms with E-state index in [1.54, 1.807) is 32.4 Å². The van der Waals surface area contributed by atoms with Crippen LogP contribution in [0.1, 0.15) is 23.6 Å². The predicted molar refractivity (Wildman–Crippen MR) is 81.1 cm³/mol. The van der Waals surface area contributed by atoms with Gasteiger partial charge in [-0.25, -0.2) is 0 Å². The minimum atomic E-state index is -0.332. The Hall–Kier alpha value is -2.17. The molecule has 0 N–H and O–H groups in total. The van der Waals surface area contributed by atoms with Crippen molar-refractivity contribution in [1.29, 1.82) is 0 Å². The zero-order valence-corrected chi connectivity index (χ0v) is 12.0. The second-order valence-electron chi connectivity index (χ2n) is 4.87. The fourth-order valence-corrected chi connectivity index (χ4v) is 2.85. The van der Waals surface area contributed by atoms with Crippen LogP contribution in [0.25, 0.3) is 0 Å². The first-order valence-corrected chi connectivity index (χ1v) is 6.80. The number of anilines is 1. The van der Waals surface area contributed by atoms with E-state index in [9.17, 15) is 4.79 Å². The summed E-state index contributed by atoms with van der Waals surface area (Å²) in [7, 11) is 3.28. The van der Waals surface area contributed by atoms with Crippen LogP contribution in [0.4, 0.5) is 5.69 Å². The molecular weight excluding hydrogens is 266 g/mol. The van der Waals surface area contributed by atoms with Gasteiger partial charge >= 0.3 is 0 Å². The SMILES string of the molecule is CO[C@H]1c2ccccc2[C@H](OC)N1c1cccccc1=O. The lowest BCUT2D eigenvalue weighted by atomic mass is 10.1. The van der Waals surface area contributed by atoms with E-state index >= 15 is 0 Å². The maximum atomic E-state index is 12.3. The van der Waals surface area contributed by atoms with Crippen LogP contribution >= 0.6 is 0 Å². The van der Waals surface area contributed by atoms with Gasteiger partial charge in [0.15, 0.2) is 12.5 Å². The van der Waals surface area contributed by atoms with Gasteiger partial charge in [0, 0.05) is 25.3 Å². The van der Waals surface area contributed by atoms with Crippen LogP contribution in [0.5, 0.6) is 0 Å². The Bertz CT molecular complexity index is 670. The molecular formula is C17H17NO3. The highest BCUT2D eigenvalue weighted by atomic mass is 16.5. The smallest absolute Gasteiger partial charge is 0.202 e. The van der Waals surface area contributed by atoms with Crippen molar-refractivity contribution in [2.45, 2.75) is 12.5 Å². The Balaban J connectivity index is 2.19. The first kappa shape index (κ1) is 13.8. The Kier molecular flexibility index (Phi) is 3.73. The minimum Gasteiger partial charge on any atom is -0.357 e. The Morgan fingerprint density at radius 1 is 0.810 bits per heavy atom. The molecule has 0 radical (unpaired) electrons. The number of nitrogens with zero attached hydrogens (tertiary/aromatic N) is 1. The van der Waals surface area contributed by atoms with Gasteiger partial charge in [-0.1, -0.05) is 42.5 Å². The van der Waals surface area contributed by atoms with Gasteiger partial charge < -0.3 is 14.4 Å². The Labute approximate surface area is 123 Å². The van der Waals surface area contributed by atoms with Crippen LogP contribution in [0.2, 0.25) is 0 Å². The zero-order chi connectivity index (χ0) is 14.8. The van der Waals surface area contributed by atoms with Crippen LogP contribution in [-0.2, 0) is 9.47 Å². The molecule has 0 fully saturated rings. The van der Waals surface area contributed by atoms with Gasteiger partial charge in [-0.15, -0.1) is 0 Å². The Morgan fingerprint density at radius 2 is 1.33 bits per heavy atom. The summed E-state index contributed by atoms with van der Waals surface area (Å²) in [6.45, 7) is 0. The van der Waals surface area contributed by atoms with Gasteiger partial charge in [0.05, 0.1) is 5.69 Å². The van der Waals surface area contributed by atoms with Crippen LogP contribution in [0, 0.1) is 0 Å². The van der Waals surface area contributed by atoms with Gasteiger partial charge in [0.2, 0.25) is 5.43 Å². The number of fused-ring (bicyclic) bond motifs is 1. The summed E-state index contributed by atoms with van der Waals surface area (Å²) in [4.78, 5) is 14.2. The normalized spacial score (nSPS) is 20.4. The number of hydrogen-bond acceptors (Lipinski definition) is 4. The number of rotatable bonds is 3.